The Morgan fingerprint density at radius 3 is 2.44 bits per heavy atom. The first kappa shape index (κ1) is 7.90. The van der Waals surface area contributed by atoms with Gasteiger partial charge in [0.15, 0.2) is 0 Å². The van der Waals surface area contributed by atoms with Gasteiger partial charge in [-0.25, -0.2) is 0 Å². The summed E-state index contributed by atoms with van der Waals surface area (Å²) in [6.07, 6.45) is 1.61. The van der Waals surface area contributed by atoms with Crippen molar-refractivity contribution in [2.45, 2.75) is 13.8 Å². The lowest BCUT2D eigenvalue weighted by molar-refractivity contribution is 0.889. The normalized spacial score (nSPS) is 11.1. The molecule has 0 amide bonds. The molecule has 0 fully saturated rings. The summed E-state index contributed by atoms with van der Waals surface area (Å²) in [6, 6.07) is 0. The van der Waals surface area contributed by atoms with Gasteiger partial charge in [-0.1, -0.05) is 20.4 Å². The van der Waals surface area contributed by atoms with E-state index in [1.165, 1.54) is 0 Å². The molecule has 0 radical (unpaired) electrons. The molecule has 0 bridgehead atoms. The predicted octanol–water partition coefficient (Wildman–Crippen LogP) is 2.10. The van der Waals surface area contributed by atoms with Gasteiger partial charge in [0.1, 0.15) is 5.71 Å². The summed E-state index contributed by atoms with van der Waals surface area (Å²) in [5.74, 6) is 0.302. The zero-order chi connectivity index (χ0) is 7.28. The second-order valence-corrected chi connectivity index (χ2v) is 1.98. The zero-order valence-electron chi connectivity index (χ0n) is 5.76. The standard InChI is InChI=1S/C7H10N2/c1-5-7(6(2)3)9-8-4/h5-6H,1H2,2-3H3/b9-7+. The average molecular weight is 122 g/mol. The Labute approximate surface area is 55.7 Å². The van der Waals surface area contributed by atoms with E-state index in [-0.39, 0.29) is 0 Å². The molecule has 0 rings (SSSR count). The Hall–Kier alpha value is -1.10. The van der Waals surface area contributed by atoms with E-state index in [9.17, 15) is 0 Å². The van der Waals surface area contributed by atoms with Gasteiger partial charge in [0, 0.05) is 5.92 Å². The van der Waals surface area contributed by atoms with Crippen LogP contribution in [0.25, 0.3) is 4.95 Å². The number of hydrogen-bond donors (Lipinski definition) is 0. The zero-order valence-corrected chi connectivity index (χ0v) is 5.76. The molecule has 0 aromatic carbocycles. The number of allylic oxidation sites excluding steroid dienone is 1. The molecule has 2 heteroatoms. The maximum atomic E-state index is 6.42. The molecule has 0 heterocycles. The Morgan fingerprint density at radius 1 is 1.78 bits per heavy atom. The highest BCUT2D eigenvalue weighted by Crippen LogP contribution is 1.97. The second kappa shape index (κ2) is 3.85. The molecule has 0 atom stereocenters. The van der Waals surface area contributed by atoms with Crippen molar-refractivity contribution >= 4 is 5.71 Å². The summed E-state index contributed by atoms with van der Waals surface area (Å²) in [7, 11) is 0. The van der Waals surface area contributed by atoms with Crippen LogP contribution in [0.1, 0.15) is 13.8 Å². The summed E-state index contributed by atoms with van der Waals surface area (Å²) < 4.78 is 0. The van der Waals surface area contributed by atoms with Gasteiger partial charge in [-0.3, -0.25) is 0 Å². The van der Waals surface area contributed by atoms with Crippen LogP contribution in [0.2, 0.25) is 0 Å². The third-order valence-corrected chi connectivity index (χ3v) is 0.966. The van der Waals surface area contributed by atoms with E-state index in [1.807, 2.05) is 13.8 Å². The van der Waals surface area contributed by atoms with Crippen molar-refractivity contribution in [3.05, 3.63) is 24.2 Å². The number of nitrogens with zero attached hydrogens (tertiary/aromatic N) is 2. The lowest BCUT2D eigenvalue weighted by Gasteiger charge is -1.95. The van der Waals surface area contributed by atoms with E-state index in [0.717, 1.165) is 5.71 Å². The van der Waals surface area contributed by atoms with Crippen molar-refractivity contribution in [1.29, 1.82) is 0 Å². The summed E-state index contributed by atoms with van der Waals surface area (Å²) in [5.41, 5.74) is 0.755. The van der Waals surface area contributed by atoms with Crippen molar-refractivity contribution in [1.82, 2.24) is 0 Å². The first-order valence-corrected chi connectivity index (χ1v) is 2.79. The SMILES string of the molecule is [C-]#[N+]/N=C(\C=C)C(C)C. The van der Waals surface area contributed by atoms with Crippen molar-refractivity contribution in [2.24, 2.45) is 11.0 Å². The predicted molar refractivity (Wildman–Crippen MR) is 39.1 cm³/mol. The fourth-order valence-corrected chi connectivity index (χ4v) is 0.450. The Balaban J connectivity index is 4.19. The van der Waals surface area contributed by atoms with E-state index in [0.29, 0.717) is 5.92 Å². The highest BCUT2D eigenvalue weighted by atomic mass is 15.2. The van der Waals surface area contributed by atoms with Gasteiger partial charge < -0.3 is 0 Å². The highest BCUT2D eigenvalue weighted by molar-refractivity contribution is 5.96. The maximum Gasteiger partial charge on any atom is 0.125 e. The van der Waals surface area contributed by atoms with Gasteiger partial charge in [0.05, 0.1) is 5.10 Å². The molecule has 0 saturated heterocycles. The van der Waals surface area contributed by atoms with Crippen LogP contribution < -0.4 is 0 Å². The minimum absolute atomic E-state index is 0.302. The van der Waals surface area contributed by atoms with Gasteiger partial charge in [-0.15, -0.1) is 4.95 Å². The van der Waals surface area contributed by atoms with Gasteiger partial charge in [0.2, 0.25) is 0 Å². The minimum Gasteiger partial charge on any atom is -0.181 e. The Kier molecular flexibility index (Phi) is 3.38. The average Bonchev–Trinajstić information content (AvgIpc) is 1.82. The fourth-order valence-electron chi connectivity index (χ4n) is 0.450. The van der Waals surface area contributed by atoms with Crippen LogP contribution in [0.4, 0.5) is 0 Å². The molecule has 0 aliphatic carbocycles. The lowest BCUT2D eigenvalue weighted by atomic mass is 10.1. The summed E-state index contributed by atoms with van der Waals surface area (Å²) in [6.45, 7) is 13.9. The van der Waals surface area contributed by atoms with E-state index < -0.39 is 0 Å². The van der Waals surface area contributed by atoms with Crippen LogP contribution in [0.3, 0.4) is 0 Å². The summed E-state index contributed by atoms with van der Waals surface area (Å²) in [5, 5.41) is 3.53. The summed E-state index contributed by atoms with van der Waals surface area (Å²) >= 11 is 0. The van der Waals surface area contributed by atoms with Crippen LogP contribution in [0, 0.1) is 12.5 Å². The molecule has 0 aromatic rings. The van der Waals surface area contributed by atoms with Crippen LogP contribution in [-0.2, 0) is 0 Å². The third-order valence-electron chi connectivity index (χ3n) is 0.966. The maximum absolute atomic E-state index is 6.42. The van der Waals surface area contributed by atoms with Crippen LogP contribution in [0.5, 0.6) is 0 Å². The minimum atomic E-state index is 0.302. The second-order valence-electron chi connectivity index (χ2n) is 1.98. The molecule has 0 aliphatic rings. The van der Waals surface area contributed by atoms with Crippen LogP contribution in [-0.4, -0.2) is 5.71 Å². The van der Waals surface area contributed by atoms with E-state index in [2.05, 4.69) is 16.6 Å². The Morgan fingerprint density at radius 2 is 2.33 bits per heavy atom. The fraction of sp³-hybridized carbons (Fsp3) is 0.429. The molecular weight excluding hydrogens is 112 g/mol. The molecule has 48 valence electrons. The molecule has 0 spiro atoms. The lowest BCUT2D eigenvalue weighted by Crippen LogP contribution is -2.01. The van der Waals surface area contributed by atoms with E-state index >= 15 is 0 Å². The molecule has 9 heavy (non-hydrogen) atoms. The third kappa shape index (κ3) is 2.65. The van der Waals surface area contributed by atoms with Gasteiger partial charge >= 0.3 is 0 Å². The smallest absolute Gasteiger partial charge is 0.125 e. The number of rotatable bonds is 2. The van der Waals surface area contributed by atoms with Crippen molar-refractivity contribution in [3.8, 4) is 0 Å². The quantitative estimate of drug-likeness (QED) is 0.303. The van der Waals surface area contributed by atoms with Crippen molar-refractivity contribution in [3.63, 3.8) is 0 Å². The highest BCUT2D eigenvalue weighted by Gasteiger charge is 2.01. The molecule has 0 N–H and O–H groups in total. The first-order valence-electron chi connectivity index (χ1n) is 2.79. The summed E-state index contributed by atoms with van der Waals surface area (Å²) in [4.78, 5) is 2.89. The van der Waals surface area contributed by atoms with Gasteiger partial charge in [-0.05, 0) is 6.08 Å². The van der Waals surface area contributed by atoms with E-state index in [4.69, 9.17) is 6.57 Å². The molecular formula is C7H10N2. The molecule has 0 aliphatic heterocycles. The Bertz CT molecular complexity index is 160. The molecule has 0 aromatic heterocycles. The molecule has 0 saturated carbocycles. The number of hydrogen-bond acceptors (Lipinski definition) is 1. The molecule has 2 nitrogen and oxygen atoms in total. The van der Waals surface area contributed by atoms with Crippen molar-refractivity contribution < 1.29 is 0 Å². The monoisotopic (exact) mass is 122 g/mol. The van der Waals surface area contributed by atoms with E-state index in [1.54, 1.807) is 6.08 Å². The van der Waals surface area contributed by atoms with Crippen LogP contribution >= 0.6 is 0 Å². The topological polar surface area (TPSA) is 16.7 Å². The van der Waals surface area contributed by atoms with Crippen LogP contribution in [0.15, 0.2) is 17.8 Å². The molecule has 0 unspecified atom stereocenters. The largest absolute Gasteiger partial charge is 0.181 e. The first-order chi connectivity index (χ1) is 4.22. The van der Waals surface area contributed by atoms with Gasteiger partial charge in [0.25, 0.3) is 0 Å². The van der Waals surface area contributed by atoms with Gasteiger partial charge in [-0.2, -0.15) is 6.57 Å². The van der Waals surface area contributed by atoms with Crippen molar-refractivity contribution in [2.75, 3.05) is 0 Å².